The molecule has 2 aliphatic heterocycles. The van der Waals surface area contributed by atoms with E-state index in [0.717, 1.165) is 21.4 Å². The smallest absolute Gasteiger partial charge is 0.338 e. The molecule has 1 aliphatic carbocycles. The first-order valence-electron chi connectivity index (χ1n) is 10.9. The van der Waals surface area contributed by atoms with Gasteiger partial charge in [0.1, 0.15) is 11.4 Å². The molecule has 0 radical (unpaired) electrons. The van der Waals surface area contributed by atoms with Crippen LogP contribution in [-0.4, -0.2) is 40.6 Å². The lowest BCUT2D eigenvalue weighted by Crippen LogP contribution is -2.64. The predicted octanol–water partition coefficient (Wildman–Crippen LogP) is 5.63. The Hall–Kier alpha value is -2.13. The van der Waals surface area contributed by atoms with Gasteiger partial charge in [-0.15, -0.1) is 0 Å². The van der Waals surface area contributed by atoms with Gasteiger partial charge in [0.2, 0.25) is 5.91 Å². The largest absolute Gasteiger partial charge is 0.406 e. The number of anilines is 3. The van der Waals surface area contributed by atoms with Crippen LogP contribution in [-0.2, 0) is 11.3 Å². The molecule has 5 nitrogen and oxygen atoms in total. The van der Waals surface area contributed by atoms with Crippen LogP contribution in [0.2, 0.25) is 0 Å². The molecule has 5 rings (SSSR count). The number of hydrogen-bond donors (Lipinski definition) is 1. The molecule has 1 N–H and O–H groups in total. The zero-order valence-electron chi connectivity index (χ0n) is 17.5. The Kier molecular flexibility index (Phi) is 5.44. The molecule has 0 bridgehead atoms. The maximum Gasteiger partial charge on any atom is 0.406 e. The van der Waals surface area contributed by atoms with Gasteiger partial charge in [-0.05, 0) is 69.5 Å². The molecule has 1 aromatic carbocycles. The molecule has 2 fully saturated rings. The minimum absolute atomic E-state index is 0.0443. The normalized spacial score (nSPS) is 21.1. The topological polar surface area (TPSA) is 48.5 Å². The van der Waals surface area contributed by atoms with Crippen LogP contribution in [0.4, 0.5) is 30.4 Å². The second-order valence-electron chi connectivity index (χ2n) is 8.87. The van der Waals surface area contributed by atoms with Gasteiger partial charge in [-0.3, -0.25) is 9.69 Å². The number of fused-ring (bicyclic) bond motifs is 2. The van der Waals surface area contributed by atoms with Gasteiger partial charge in [0.05, 0.1) is 17.9 Å². The number of likely N-dealkylation sites (tertiary alicyclic amines) is 1. The fourth-order valence-electron chi connectivity index (χ4n) is 5.16. The van der Waals surface area contributed by atoms with E-state index in [1.165, 1.54) is 0 Å². The number of rotatable bonds is 2. The van der Waals surface area contributed by atoms with Crippen molar-refractivity contribution in [2.45, 2.75) is 50.4 Å². The highest BCUT2D eigenvalue weighted by Gasteiger charge is 2.61. The molecule has 0 unspecified atom stereocenters. The monoisotopic (exact) mass is 508 g/mol. The molecule has 0 spiro atoms. The van der Waals surface area contributed by atoms with Gasteiger partial charge in [-0.2, -0.15) is 13.2 Å². The highest BCUT2D eigenvalue weighted by atomic mass is 79.9. The van der Waals surface area contributed by atoms with Gasteiger partial charge in [-0.1, -0.05) is 22.0 Å². The average Bonchev–Trinajstić information content (AvgIpc) is 2.88. The predicted molar refractivity (Wildman–Crippen MR) is 120 cm³/mol. The lowest BCUT2D eigenvalue weighted by Gasteiger charge is -2.53. The van der Waals surface area contributed by atoms with Gasteiger partial charge >= 0.3 is 6.18 Å². The van der Waals surface area contributed by atoms with E-state index in [4.69, 9.17) is 0 Å². The Morgan fingerprint density at radius 1 is 1.19 bits per heavy atom. The maximum atomic E-state index is 13.7. The summed E-state index contributed by atoms with van der Waals surface area (Å²) in [5, 5.41) is 3.32. The molecule has 1 aromatic heterocycles. The van der Waals surface area contributed by atoms with Crippen LogP contribution in [0.25, 0.3) is 0 Å². The third-order valence-electron chi connectivity index (χ3n) is 7.15. The zero-order valence-corrected chi connectivity index (χ0v) is 19.0. The SMILES string of the molecule is O=C(C1CCN(C2(C(F)(F)F)CCC2)CC1)N1Cc2cccnc2Nc2ccc(Br)cc21. The van der Waals surface area contributed by atoms with Crippen molar-refractivity contribution in [2.75, 3.05) is 23.3 Å². The number of alkyl halides is 3. The number of pyridine rings is 1. The Balaban J connectivity index is 1.38. The van der Waals surface area contributed by atoms with E-state index >= 15 is 0 Å². The molecule has 2 aromatic rings. The Labute approximate surface area is 193 Å². The number of nitrogens with one attached hydrogen (secondary N) is 1. The van der Waals surface area contributed by atoms with Crippen LogP contribution >= 0.6 is 15.9 Å². The van der Waals surface area contributed by atoms with E-state index in [9.17, 15) is 18.0 Å². The van der Waals surface area contributed by atoms with Gasteiger partial charge < -0.3 is 10.2 Å². The molecule has 0 atom stereocenters. The van der Waals surface area contributed by atoms with Crippen LogP contribution in [0.5, 0.6) is 0 Å². The number of benzene rings is 1. The van der Waals surface area contributed by atoms with Crippen LogP contribution in [0.15, 0.2) is 41.0 Å². The third-order valence-corrected chi connectivity index (χ3v) is 7.64. The number of carbonyl (C=O) groups excluding carboxylic acids is 1. The lowest BCUT2D eigenvalue weighted by atomic mass is 9.73. The summed E-state index contributed by atoms with van der Waals surface area (Å²) in [5.74, 6) is 0.358. The second-order valence-corrected chi connectivity index (χ2v) is 9.78. The Bertz CT molecular complexity index is 1030. The minimum Gasteiger partial charge on any atom is -0.338 e. The number of piperidine rings is 1. The van der Waals surface area contributed by atoms with E-state index in [1.807, 2.05) is 30.3 Å². The lowest BCUT2D eigenvalue weighted by molar-refractivity contribution is -0.261. The van der Waals surface area contributed by atoms with E-state index in [-0.39, 0.29) is 24.7 Å². The first-order valence-corrected chi connectivity index (χ1v) is 11.7. The molecule has 170 valence electrons. The number of hydrogen-bond acceptors (Lipinski definition) is 4. The molecule has 32 heavy (non-hydrogen) atoms. The molecule has 3 heterocycles. The number of aromatic nitrogens is 1. The van der Waals surface area contributed by atoms with Gasteiger partial charge in [0.25, 0.3) is 0 Å². The van der Waals surface area contributed by atoms with Gasteiger partial charge in [-0.25, -0.2) is 4.98 Å². The fourth-order valence-corrected chi connectivity index (χ4v) is 5.51. The Morgan fingerprint density at radius 3 is 2.59 bits per heavy atom. The third kappa shape index (κ3) is 3.59. The summed E-state index contributed by atoms with van der Waals surface area (Å²) < 4.78 is 42.1. The standard InChI is InChI=1S/C23H24BrF3N4O/c24-17-4-5-18-19(13-17)31(14-16-3-1-10-28-20(16)29-18)21(32)15-6-11-30(12-7-15)22(8-2-9-22)23(25,26)27/h1,3-5,10,13,15H,2,6-9,11-12,14H2,(H,28,29). The molecular weight excluding hydrogens is 485 g/mol. The van der Waals surface area contributed by atoms with Crippen molar-refractivity contribution in [3.05, 3.63) is 46.6 Å². The van der Waals surface area contributed by atoms with Crippen molar-refractivity contribution >= 4 is 39.0 Å². The molecule has 9 heteroatoms. The summed E-state index contributed by atoms with van der Waals surface area (Å²) in [5.41, 5.74) is 0.740. The summed E-state index contributed by atoms with van der Waals surface area (Å²) in [6.45, 7) is 0.960. The molecule has 1 saturated heterocycles. The van der Waals surface area contributed by atoms with E-state index in [0.29, 0.717) is 44.7 Å². The van der Waals surface area contributed by atoms with Crippen LogP contribution < -0.4 is 10.2 Å². The molecule has 1 saturated carbocycles. The number of nitrogens with zero attached hydrogens (tertiary/aromatic N) is 3. The summed E-state index contributed by atoms with van der Waals surface area (Å²) in [6, 6.07) is 9.46. The minimum atomic E-state index is -4.22. The van der Waals surface area contributed by atoms with Crippen molar-refractivity contribution in [1.29, 1.82) is 0 Å². The van der Waals surface area contributed by atoms with Crippen LogP contribution in [0.3, 0.4) is 0 Å². The summed E-state index contributed by atoms with van der Waals surface area (Å²) >= 11 is 3.49. The number of amides is 1. The average molecular weight is 509 g/mol. The second kappa shape index (κ2) is 8.02. The summed E-state index contributed by atoms with van der Waals surface area (Å²) in [6.07, 6.45) is -0.711. The molecule has 1 amide bonds. The van der Waals surface area contributed by atoms with E-state index < -0.39 is 11.7 Å². The first kappa shape index (κ1) is 21.7. The quantitative estimate of drug-likeness (QED) is 0.570. The first-order chi connectivity index (χ1) is 15.3. The van der Waals surface area contributed by atoms with Crippen molar-refractivity contribution in [1.82, 2.24) is 9.88 Å². The van der Waals surface area contributed by atoms with Crippen LogP contribution in [0.1, 0.15) is 37.7 Å². The fraction of sp³-hybridized carbons (Fsp3) is 0.478. The summed E-state index contributed by atoms with van der Waals surface area (Å²) in [7, 11) is 0. The van der Waals surface area contributed by atoms with Crippen LogP contribution in [0, 0.1) is 5.92 Å². The van der Waals surface area contributed by atoms with Crippen molar-refractivity contribution in [3.8, 4) is 0 Å². The number of carbonyl (C=O) groups is 1. The maximum absolute atomic E-state index is 13.7. The molecular formula is C23H24BrF3N4O. The van der Waals surface area contributed by atoms with Crippen molar-refractivity contribution in [2.24, 2.45) is 5.92 Å². The highest BCUT2D eigenvalue weighted by molar-refractivity contribution is 9.10. The Morgan fingerprint density at radius 2 is 1.94 bits per heavy atom. The van der Waals surface area contributed by atoms with Gasteiger partial charge in [0, 0.05) is 22.2 Å². The van der Waals surface area contributed by atoms with E-state index in [1.54, 1.807) is 16.0 Å². The number of halogens is 4. The summed E-state index contributed by atoms with van der Waals surface area (Å²) in [4.78, 5) is 21.4. The highest BCUT2D eigenvalue weighted by Crippen LogP contribution is 2.50. The zero-order chi connectivity index (χ0) is 22.5. The molecule has 3 aliphatic rings. The van der Waals surface area contributed by atoms with Crippen molar-refractivity contribution < 1.29 is 18.0 Å². The van der Waals surface area contributed by atoms with E-state index in [2.05, 4.69) is 26.2 Å². The van der Waals surface area contributed by atoms with Crippen molar-refractivity contribution in [3.63, 3.8) is 0 Å². The van der Waals surface area contributed by atoms with Gasteiger partial charge in [0.15, 0.2) is 0 Å².